The Morgan fingerprint density at radius 1 is 0.879 bits per heavy atom. The van der Waals surface area contributed by atoms with Crippen molar-refractivity contribution in [2.45, 2.75) is 80.2 Å². The highest BCUT2D eigenvalue weighted by atomic mass is 32.2. The van der Waals surface area contributed by atoms with Crippen LogP contribution in [0.5, 0.6) is 0 Å². The van der Waals surface area contributed by atoms with Crippen LogP contribution in [0.4, 0.5) is 4.39 Å². The van der Waals surface area contributed by atoms with Crippen molar-refractivity contribution < 1.29 is 33.1 Å². The molecule has 1 aliphatic heterocycles. The first-order valence-electron chi connectivity index (χ1n) is 19.0. The second-order valence-corrected chi connectivity index (χ2v) is 16.9. The van der Waals surface area contributed by atoms with E-state index in [9.17, 15) is 28.7 Å². The van der Waals surface area contributed by atoms with Crippen LogP contribution in [0.2, 0.25) is 0 Å². The minimum Gasteiger partial charge on any atom is -0.361 e. The fraction of sp³-hybridized carbons (Fsp3) is 0.317. The number of aromatic nitrogens is 2. The zero-order valence-electron chi connectivity index (χ0n) is 32.0. The lowest BCUT2D eigenvalue weighted by atomic mass is 9.98. The molecule has 0 saturated heterocycles. The highest BCUT2D eigenvalue weighted by Crippen LogP contribution is 2.40. The Kier molecular flexibility index (Phi) is 14.1. The van der Waals surface area contributed by atoms with E-state index in [1.807, 2.05) is 37.3 Å². The Balaban J connectivity index is 1.47. The quantitative estimate of drug-likeness (QED) is 0.0925. The summed E-state index contributed by atoms with van der Waals surface area (Å²) in [6.45, 7) is 2.46. The van der Waals surface area contributed by atoms with E-state index < -0.39 is 49.3 Å². The molecule has 3 heterocycles. The van der Waals surface area contributed by atoms with Gasteiger partial charge in [-0.1, -0.05) is 54.2 Å². The summed E-state index contributed by atoms with van der Waals surface area (Å²) in [4.78, 5) is 70.0. The number of nitrogens with zero attached hydrogens (tertiary/aromatic N) is 1. The number of benzene rings is 3. The van der Waals surface area contributed by atoms with Crippen molar-refractivity contribution in [3.8, 4) is 11.1 Å². The third-order valence-corrected chi connectivity index (χ3v) is 12.2. The number of hydrogen-bond acceptors (Lipinski definition) is 9. The molecule has 14 nitrogen and oxygen atoms in total. The highest BCUT2D eigenvalue weighted by molar-refractivity contribution is 7.99. The predicted molar refractivity (Wildman–Crippen MR) is 222 cm³/mol. The van der Waals surface area contributed by atoms with Gasteiger partial charge in [0.15, 0.2) is 0 Å². The first-order valence-corrected chi connectivity index (χ1v) is 21.5. The van der Waals surface area contributed by atoms with E-state index in [0.29, 0.717) is 53.1 Å². The largest absolute Gasteiger partial charge is 0.361 e. The summed E-state index contributed by atoms with van der Waals surface area (Å²) in [7, 11) is -4.55. The van der Waals surface area contributed by atoms with Crippen LogP contribution in [-0.2, 0) is 38.5 Å². The Hall–Kier alpha value is -4.93. The number of hydrogen-bond donors (Lipinski definition) is 9. The van der Waals surface area contributed by atoms with Gasteiger partial charge in [-0.15, -0.1) is 0 Å². The molecule has 0 bridgehead atoms. The molecule has 2 aromatic heterocycles. The average Bonchev–Trinajstić information content (AvgIpc) is 3.61. The van der Waals surface area contributed by atoms with E-state index in [2.05, 4.69) is 31.2 Å². The van der Waals surface area contributed by atoms with Crippen LogP contribution in [0.15, 0.2) is 89.0 Å². The van der Waals surface area contributed by atoms with Crippen molar-refractivity contribution >= 4 is 53.3 Å². The number of fused-ring (bicyclic) bond motifs is 3. The van der Waals surface area contributed by atoms with Crippen LogP contribution in [0.3, 0.4) is 0 Å². The van der Waals surface area contributed by atoms with Gasteiger partial charge in [-0.2, -0.15) is 0 Å². The van der Waals surface area contributed by atoms with Crippen LogP contribution < -0.4 is 38.0 Å². The molecular weight excluding hydrogens is 783 g/mol. The van der Waals surface area contributed by atoms with Gasteiger partial charge in [0.05, 0.1) is 16.2 Å². The molecule has 3 aromatic carbocycles. The number of aryl methyl sites for hydroxylation is 1. The van der Waals surface area contributed by atoms with Crippen molar-refractivity contribution in [2.75, 3.05) is 13.1 Å². The summed E-state index contributed by atoms with van der Waals surface area (Å²) >= 11 is 1.06. The molecule has 6 rings (SSSR count). The molecule has 5 aromatic rings. The van der Waals surface area contributed by atoms with E-state index in [0.717, 1.165) is 33.8 Å². The minimum atomic E-state index is -4.55. The number of H-pyrrole nitrogens is 1. The Labute approximate surface area is 339 Å². The van der Waals surface area contributed by atoms with Crippen molar-refractivity contribution in [2.24, 2.45) is 11.5 Å². The predicted octanol–water partition coefficient (Wildman–Crippen LogP) is 3.41. The molecule has 0 fully saturated rings. The number of carbonyl (C=O) groups excluding carboxylic acids is 3. The minimum absolute atomic E-state index is 0.0813. The third-order valence-electron chi connectivity index (χ3n) is 10.0. The fourth-order valence-corrected chi connectivity index (χ4v) is 8.54. The van der Waals surface area contributed by atoms with Gasteiger partial charge in [0.1, 0.15) is 22.9 Å². The van der Waals surface area contributed by atoms with Crippen LogP contribution in [-0.4, -0.2) is 68.7 Å². The van der Waals surface area contributed by atoms with Crippen molar-refractivity contribution in [1.82, 2.24) is 31.2 Å². The summed E-state index contributed by atoms with van der Waals surface area (Å²) < 4.78 is 28.2. The fourth-order valence-electron chi connectivity index (χ4n) is 6.97. The molecule has 0 spiro atoms. The number of carbonyl (C=O) groups is 3. The van der Waals surface area contributed by atoms with Crippen LogP contribution in [0.1, 0.15) is 47.9 Å². The number of nitrogens with one attached hydrogen (secondary N) is 5. The van der Waals surface area contributed by atoms with Gasteiger partial charge in [0.2, 0.25) is 17.7 Å². The van der Waals surface area contributed by atoms with E-state index in [1.54, 1.807) is 18.5 Å². The molecule has 58 heavy (non-hydrogen) atoms. The first-order chi connectivity index (χ1) is 27.9. The van der Waals surface area contributed by atoms with E-state index in [-0.39, 0.29) is 42.7 Å². The molecule has 0 radical (unpaired) electrons. The summed E-state index contributed by atoms with van der Waals surface area (Å²) in [5.41, 5.74) is 16.2. The maximum Gasteiger partial charge on any atom is 0.356 e. The molecule has 0 aliphatic carbocycles. The molecule has 17 heteroatoms. The van der Waals surface area contributed by atoms with Gasteiger partial charge in [0, 0.05) is 42.8 Å². The van der Waals surface area contributed by atoms with E-state index >= 15 is 4.39 Å². The smallest absolute Gasteiger partial charge is 0.356 e. The molecule has 306 valence electrons. The molecule has 11 N–H and O–H groups in total. The normalized spacial score (nSPS) is 18.4. The standard InChI is InChI=1S/C41H48FN8O6PS/c1-24-18-27-22-46-34(8-4-16-43)39(52)49-35(9-5-17-44)40(53)50-36(19-26-21-45-33-7-3-2-6-30(26)33)38(51)47-23-31-29(25-10-12-28(13-11-25)57(54,55)56)14-15-32(42)37(31)58-41(27)48-20-24/h2-3,6-7,10-15,18,20-21,34-36,45-46H,4-5,8-9,16-17,19,22-23,43-44H2,1H3,(H,47,51)(H,49,52)(H,50,53)(H2,54,55,56)/t34-,35-,36-/m0/s1. The lowest BCUT2D eigenvalue weighted by Crippen LogP contribution is -2.56. The van der Waals surface area contributed by atoms with Gasteiger partial charge in [-0.05, 0) is 103 Å². The third kappa shape index (κ3) is 10.4. The van der Waals surface area contributed by atoms with Crippen molar-refractivity contribution in [3.05, 3.63) is 107 Å². The molecule has 1 aliphatic rings. The summed E-state index contributed by atoms with van der Waals surface area (Å²) in [6, 6.07) is 15.1. The number of aromatic amines is 1. The van der Waals surface area contributed by atoms with Crippen LogP contribution in [0, 0.1) is 12.7 Å². The maximum absolute atomic E-state index is 16.2. The number of pyridine rings is 1. The Bertz CT molecular complexity index is 2320. The lowest BCUT2D eigenvalue weighted by molar-refractivity contribution is -0.132. The second kappa shape index (κ2) is 19.2. The summed E-state index contributed by atoms with van der Waals surface area (Å²) in [5, 5.41) is 13.2. The number of nitrogens with two attached hydrogens (primary N) is 2. The van der Waals surface area contributed by atoms with Gasteiger partial charge in [-0.25, -0.2) is 9.37 Å². The van der Waals surface area contributed by atoms with Crippen LogP contribution in [0.25, 0.3) is 22.0 Å². The molecule has 3 atom stereocenters. The Morgan fingerprint density at radius 2 is 1.57 bits per heavy atom. The molecule has 3 amide bonds. The second-order valence-electron chi connectivity index (χ2n) is 14.3. The monoisotopic (exact) mass is 830 g/mol. The van der Waals surface area contributed by atoms with Gasteiger partial charge >= 0.3 is 7.60 Å². The van der Waals surface area contributed by atoms with Crippen LogP contribution >= 0.6 is 19.4 Å². The highest BCUT2D eigenvalue weighted by Gasteiger charge is 2.31. The van der Waals surface area contributed by atoms with Gasteiger partial charge in [-0.3, -0.25) is 18.9 Å². The SMILES string of the molecule is Cc1cnc2c(c1)CN[C@@H](CCCN)C(=O)N[C@@H](CCCN)C(=O)N[C@@H](Cc1c[nH]c3ccccc13)C(=O)NCc1c(-c3ccc(P(=O)(O)O)cc3)ccc(F)c1S2. The van der Waals surface area contributed by atoms with E-state index in [1.165, 1.54) is 30.3 Å². The summed E-state index contributed by atoms with van der Waals surface area (Å²) in [5.74, 6) is -2.14. The summed E-state index contributed by atoms with van der Waals surface area (Å²) in [6.07, 6.45) is 5.04. The number of rotatable bonds is 10. The van der Waals surface area contributed by atoms with Crippen molar-refractivity contribution in [1.29, 1.82) is 0 Å². The topological polar surface area (TPSA) is 238 Å². The number of para-hydroxylation sites is 1. The number of amides is 3. The lowest BCUT2D eigenvalue weighted by Gasteiger charge is -2.25. The van der Waals surface area contributed by atoms with E-state index in [4.69, 9.17) is 11.5 Å². The molecule has 0 unspecified atom stereocenters. The molecular formula is C41H48FN8O6PS. The Morgan fingerprint density at radius 3 is 2.29 bits per heavy atom. The van der Waals surface area contributed by atoms with Gasteiger partial charge in [0.25, 0.3) is 0 Å². The number of halogens is 1. The molecule has 0 saturated carbocycles. The van der Waals surface area contributed by atoms with Gasteiger partial charge < -0.3 is 47.5 Å². The van der Waals surface area contributed by atoms with Crippen molar-refractivity contribution in [3.63, 3.8) is 0 Å². The maximum atomic E-state index is 16.2. The zero-order chi connectivity index (χ0) is 41.4. The average molecular weight is 831 g/mol. The first kappa shape index (κ1) is 42.7. The zero-order valence-corrected chi connectivity index (χ0v) is 33.7.